The van der Waals surface area contributed by atoms with Crippen molar-refractivity contribution < 1.29 is 4.74 Å². The van der Waals surface area contributed by atoms with E-state index in [1.807, 2.05) is 0 Å². The van der Waals surface area contributed by atoms with Crippen LogP contribution in [-0.4, -0.2) is 31.4 Å². The third-order valence-electron chi connectivity index (χ3n) is 3.98. The van der Waals surface area contributed by atoms with Crippen LogP contribution in [0.2, 0.25) is 0 Å². The van der Waals surface area contributed by atoms with Crippen LogP contribution in [0.1, 0.15) is 0 Å². The molecule has 13 heteroatoms. The largest absolute Gasteiger partial charge is 0.497 e. The lowest BCUT2D eigenvalue weighted by Gasteiger charge is -2.07. The van der Waals surface area contributed by atoms with Crippen molar-refractivity contribution in [3.8, 4) is 5.75 Å². The Morgan fingerprint density at radius 1 is 1.18 bits per heavy atom. The number of azo groups is 1. The number of hydrazine groups is 1. The van der Waals surface area contributed by atoms with Crippen molar-refractivity contribution in [2.45, 2.75) is 0 Å². The summed E-state index contributed by atoms with van der Waals surface area (Å²) in [5.74, 6) is 11.7. The minimum Gasteiger partial charge on any atom is -0.497 e. The van der Waals surface area contributed by atoms with Crippen LogP contribution in [0.15, 0.2) is 45.5 Å². The number of ether oxygens (including phenoxy) is 1. The quantitative estimate of drug-likeness (QED) is 0.221. The standard InChI is InChI=1S/C15H15N11O2/c1-28-8-4-2-7(3-5-8)22-23-10-11(16)24-26-12-9(6-19-13(10)26)14(27)25(18)15(20-12)21-17/h2-6H,17-18H2,1H3,(H2,16,24)(H,20,21). The lowest BCUT2D eigenvalue weighted by atomic mass is 10.3. The number of anilines is 2. The van der Waals surface area contributed by atoms with Crippen molar-refractivity contribution in [2.75, 3.05) is 24.1 Å². The van der Waals surface area contributed by atoms with E-state index in [1.54, 1.807) is 31.4 Å². The van der Waals surface area contributed by atoms with Crippen molar-refractivity contribution in [1.29, 1.82) is 0 Å². The number of nitrogens with two attached hydrogens (primary N) is 3. The van der Waals surface area contributed by atoms with Crippen molar-refractivity contribution in [3.05, 3.63) is 40.8 Å². The minimum atomic E-state index is -0.553. The average Bonchev–Trinajstić information content (AvgIpc) is 3.04. The molecule has 0 aliphatic carbocycles. The van der Waals surface area contributed by atoms with Crippen molar-refractivity contribution in [1.82, 2.24) is 24.3 Å². The fourth-order valence-corrected chi connectivity index (χ4v) is 2.57. The minimum absolute atomic E-state index is 0.0551. The monoisotopic (exact) mass is 381 g/mol. The first-order chi connectivity index (χ1) is 13.5. The van der Waals surface area contributed by atoms with E-state index >= 15 is 0 Å². The third kappa shape index (κ3) is 2.62. The summed E-state index contributed by atoms with van der Waals surface area (Å²) in [4.78, 5) is 20.8. The molecule has 0 radical (unpaired) electrons. The molecule has 0 aliphatic rings. The topological polar surface area (TPSA) is 189 Å². The van der Waals surface area contributed by atoms with Crippen LogP contribution < -0.4 is 33.1 Å². The van der Waals surface area contributed by atoms with Crippen molar-refractivity contribution in [3.63, 3.8) is 0 Å². The Hall–Kier alpha value is -4.26. The number of nitrogens with zero attached hydrogens (tertiary/aromatic N) is 7. The van der Waals surface area contributed by atoms with Gasteiger partial charge in [-0.25, -0.2) is 10.8 Å². The average molecular weight is 381 g/mol. The zero-order valence-corrected chi connectivity index (χ0v) is 14.6. The summed E-state index contributed by atoms with van der Waals surface area (Å²) in [5, 5.41) is 12.6. The first-order valence-corrected chi connectivity index (χ1v) is 7.91. The van der Waals surface area contributed by atoms with Crippen LogP contribution in [0.4, 0.5) is 23.1 Å². The maximum atomic E-state index is 12.3. The Morgan fingerprint density at radius 3 is 2.61 bits per heavy atom. The predicted octanol–water partition coefficient (Wildman–Crippen LogP) is 0.445. The van der Waals surface area contributed by atoms with Gasteiger partial charge in [0.25, 0.3) is 5.56 Å². The summed E-state index contributed by atoms with van der Waals surface area (Å²) in [6, 6.07) is 6.97. The Balaban J connectivity index is 1.87. The molecule has 0 fully saturated rings. The number of aromatic nitrogens is 5. The van der Waals surface area contributed by atoms with Gasteiger partial charge in [0, 0.05) is 6.20 Å². The van der Waals surface area contributed by atoms with Crippen LogP contribution in [0.25, 0.3) is 16.7 Å². The van der Waals surface area contributed by atoms with Gasteiger partial charge in [-0.1, -0.05) is 0 Å². The molecule has 0 atom stereocenters. The van der Waals surface area contributed by atoms with E-state index < -0.39 is 5.56 Å². The van der Waals surface area contributed by atoms with Gasteiger partial charge in [-0.15, -0.1) is 10.2 Å². The van der Waals surface area contributed by atoms with Gasteiger partial charge in [-0.05, 0) is 24.3 Å². The van der Waals surface area contributed by atoms with Gasteiger partial charge in [-0.2, -0.15) is 19.3 Å². The van der Waals surface area contributed by atoms with Gasteiger partial charge in [0.05, 0.1) is 12.8 Å². The maximum absolute atomic E-state index is 12.3. The molecule has 0 aliphatic heterocycles. The Labute approximate surface area is 156 Å². The molecule has 0 unspecified atom stereocenters. The molecule has 1 aromatic carbocycles. The summed E-state index contributed by atoms with van der Waals surface area (Å²) in [5.41, 5.74) is 8.93. The SMILES string of the molecule is COc1ccc(N=Nc2c(N)nn3c2ncc2c(=O)n(N)c(NN)nc23)cc1. The molecule has 0 spiro atoms. The highest BCUT2D eigenvalue weighted by Crippen LogP contribution is 2.29. The Kier molecular flexibility index (Phi) is 3.97. The van der Waals surface area contributed by atoms with Gasteiger partial charge in [0.2, 0.25) is 5.95 Å². The normalized spacial score (nSPS) is 11.5. The molecule has 0 bridgehead atoms. The van der Waals surface area contributed by atoms with E-state index in [0.29, 0.717) is 11.4 Å². The number of nitrogen functional groups attached to an aromatic ring is 3. The summed E-state index contributed by atoms with van der Waals surface area (Å²) >= 11 is 0. The van der Waals surface area contributed by atoms with E-state index in [0.717, 1.165) is 4.68 Å². The molecule has 4 aromatic rings. The fraction of sp³-hybridized carbons (Fsp3) is 0.0667. The number of nitrogens with one attached hydrogen (secondary N) is 1. The maximum Gasteiger partial charge on any atom is 0.284 e. The van der Waals surface area contributed by atoms with Crippen LogP contribution in [0, 0.1) is 0 Å². The van der Waals surface area contributed by atoms with Crippen molar-refractivity contribution >= 4 is 39.8 Å². The second-order valence-electron chi connectivity index (χ2n) is 5.62. The number of fused-ring (bicyclic) bond motifs is 3. The van der Waals surface area contributed by atoms with Gasteiger partial charge in [0.15, 0.2) is 22.8 Å². The molecule has 28 heavy (non-hydrogen) atoms. The van der Waals surface area contributed by atoms with Crippen LogP contribution >= 0.6 is 0 Å². The highest BCUT2D eigenvalue weighted by Gasteiger charge is 2.18. The number of benzene rings is 1. The van der Waals surface area contributed by atoms with E-state index in [4.69, 9.17) is 22.2 Å². The lowest BCUT2D eigenvalue weighted by molar-refractivity contribution is 0.415. The molecular weight excluding hydrogens is 366 g/mol. The number of rotatable bonds is 4. The zero-order chi connectivity index (χ0) is 19.8. The summed E-state index contributed by atoms with van der Waals surface area (Å²) < 4.78 is 7.16. The van der Waals surface area contributed by atoms with Crippen molar-refractivity contribution in [2.24, 2.45) is 16.1 Å². The fourth-order valence-electron chi connectivity index (χ4n) is 2.57. The molecule has 0 saturated heterocycles. The Bertz CT molecular complexity index is 1270. The van der Waals surface area contributed by atoms with E-state index in [-0.39, 0.29) is 34.1 Å². The van der Waals surface area contributed by atoms with E-state index in [9.17, 15) is 4.79 Å². The van der Waals surface area contributed by atoms with Gasteiger partial charge in [-0.3, -0.25) is 10.2 Å². The molecular formula is C15H15N11O2. The molecule has 13 nitrogen and oxygen atoms in total. The lowest BCUT2D eigenvalue weighted by Crippen LogP contribution is -2.33. The molecule has 3 aromatic heterocycles. The third-order valence-corrected chi connectivity index (χ3v) is 3.98. The first-order valence-electron chi connectivity index (χ1n) is 7.91. The summed E-state index contributed by atoms with van der Waals surface area (Å²) in [6.45, 7) is 0. The van der Waals surface area contributed by atoms with E-state index in [1.165, 1.54) is 10.7 Å². The van der Waals surface area contributed by atoms with E-state index in [2.05, 4.69) is 30.7 Å². The second kappa shape index (κ2) is 6.48. The first kappa shape index (κ1) is 17.2. The molecule has 142 valence electrons. The van der Waals surface area contributed by atoms with Crippen LogP contribution in [0.3, 0.4) is 0 Å². The molecule has 0 amide bonds. The molecule has 7 N–H and O–H groups in total. The molecule has 4 rings (SSSR count). The number of methoxy groups -OCH3 is 1. The van der Waals surface area contributed by atoms with Gasteiger partial charge in [0.1, 0.15) is 11.1 Å². The van der Waals surface area contributed by atoms with Gasteiger partial charge >= 0.3 is 0 Å². The second-order valence-corrected chi connectivity index (χ2v) is 5.62. The van der Waals surface area contributed by atoms with Gasteiger partial charge < -0.3 is 16.3 Å². The Morgan fingerprint density at radius 2 is 1.93 bits per heavy atom. The molecule has 0 saturated carbocycles. The zero-order valence-electron chi connectivity index (χ0n) is 14.6. The smallest absolute Gasteiger partial charge is 0.284 e. The predicted molar refractivity (Wildman–Crippen MR) is 102 cm³/mol. The molecule has 3 heterocycles. The van der Waals surface area contributed by atoms with Crippen LogP contribution in [0.5, 0.6) is 5.75 Å². The highest BCUT2D eigenvalue weighted by atomic mass is 16.5. The number of hydrogen-bond acceptors (Lipinski definition) is 11. The summed E-state index contributed by atoms with van der Waals surface area (Å²) in [7, 11) is 1.57. The summed E-state index contributed by atoms with van der Waals surface area (Å²) in [6.07, 6.45) is 1.32. The number of hydrogen-bond donors (Lipinski definition) is 4. The highest BCUT2D eigenvalue weighted by molar-refractivity contribution is 5.83. The van der Waals surface area contributed by atoms with Crippen LogP contribution in [-0.2, 0) is 0 Å².